The molecule has 1 aromatic rings. The number of nitrogens with zero attached hydrogens (tertiary/aromatic N) is 2. The quantitative estimate of drug-likeness (QED) is 0.726. The van der Waals surface area contributed by atoms with E-state index in [0.29, 0.717) is 13.1 Å². The number of hydrogen-bond donors (Lipinski definition) is 0. The van der Waals surface area contributed by atoms with Crippen molar-refractivity contribution in [2.24, 2.45) is 0 Å². The zero-order valence-electron chi connectivity index (χ0n) is 14.1. The van der Waals surface area contributed by atoms with E-state index in [0.717, 1.165) is 22.6 Å². The van der Waals surface area contributed by atoms with Gasteiger partial charge in [0.15, 0.2) is 0 Å². The molecule has 0 spiro atoms. The topological polar surface area (TPSA) is 32.8 Å². The van der Waals surface area contributed by atoms with Gasteiger partial charge < -0.3 is 9.64 Å². The third-order valence-corrected chi connectivity index (χ3v) is 5.00. The molecule has 1 aromatic carbocycles. The summed E-state index contributed by atoms with van der Waals surface area (Å²) in [6.45, 7) is 10.9. The smallest absolute Gasteiger partial charge is 0.410 e. The van der Waals surface area contributed by atoms with Crippen LogP contribution in [-0.4, -0.2) is 47.2 Å². The molecule has 1 saturated heterocycles. The summed E-state index contributed by atoms with van der Waals surface area (Å²) < 4.78 is 6.37. The zero-order chi connectivity index (χ0) is 17.2. The van der Waals surface area contributed by atoms with Crippen molar-refractivity contribution in [3.05, 3.63) is 33.3 Å². The Balaban J connectivity index is 1.93. The van der Waals surface area contributed by atoms with Crippen LogP contribution in [0.4, 0.5) is 4.79 Å². The Bertz CT molecular complexity index is 574. The molecule has 1 atom stereocenters. The lowest BCUT2D eigenvalue weighted by Gasteiger charge is -2.40. The molecule has 6 heteroatoms. The molecular formula is C17H24BrClN2O2. The van der Waals surface area contributed by atoms with Crippen LogP contribution in [0.5, 0.6) is 0 Å². The number of hydrogen-bond acceptors (Lipinski definition) is 3. The second-order valence-corrected chi connectivity index (χ2v) is 8.26. The lowest BCUT2D eigenvalue weighted by atomic mass is 10.1. The summed E-state index contributed by atoms with van der Waals surface area (Å²) >= 11 is 9.50. The molecule has 1 fully saturated rings. The Kier molecular flexibility index (Phi) is 5.98. The van der Waals surface area contributed by atoms with Crippen LogP contribution < -0.4 is 0 Å². The number of benzene rings is 1. The Hall–Kier alpha value is -0.780. The van der Waals surface area contributed by atoms with Gasteiger partial charge >= 0.3 is 6.09 Å². The summed E-state index contributed by atoms with van der Waals surface area (Å²) in [4.78, 5) is 16.3. The maximum atomic E-state index is 12.2. The number of piperazine rings is 1. The summed E-state index contributed by atoms with van der Waals surface area (Å²) in [6, 6.07) is 6.28. The van der Waals surface area contributed by atoms with Gasteiger partial charge in [-0.1, -0.05) is 17.7 Å². The first-order valence-electron chi connectivity index (χ1n) is 7.81. The van der Waals surface area contributed by atoms with Crippen LogP contribution in [0.15, 0.2) is 22.7 Å². The van der Waals surface area contributed by atoms with E-state index in [1.54, 1.807) is 4.90 Å². The molecule has 23 heavy (non-hydrogen) atoms. The minimum absolute atomic E-state index is 0.224. The van der Waals surface area contributed by atoms with Crippen LogP contribution in [0, 0.1) is 0 Å². The number of carbonyl (C=O) groups is 1. The minimum atomic E-state index is -0.451. The van der Waals surface area contributed by atoms with Crippen LogP contribution in [0.25, 0.3) is 0 Å². The first kappa shape index (κ1) is 18.6. The highest BCUT2D eigenvalue weighted by Crippen LogP contribution is 2.25. The maximum absolute atomic E-state index is 12.2. The summed E-state index contributed by atoms with van der Waals surface area (Å²) in [5.41, 5.74) is 0.756. The predicted octanol–water partition coefficient (Wildman–Crippen LogP) is 4.54. The molecular weight excluding hydrogens is 380 g/mol. The molecule has 0 radical (unpaired) electrons. The second kappa shape index (κ2) is 7.41. The number of rotatable bonds is 2. The van der Waals surface area contributed by atoms with Gasteiger partial charge in [0.1, 0.15) is 5.60 Å². The highest BCUT2D eigenvalue weighted by Gasteiger charge is 2.29. The van der Waals surface area contributed by atoms with Gasteiger partial charge in [0.25, 0.3) is 0 Å². The van der Waals surface area contributed by atoms with Gasteiger partial charge in [-0.3, -0.25) is 4.90 Å². The molecule has 0 N–H and O–H groups in total. The van der Waals surface area contributed by atoms with Crippen molar-refractivity contribution in [3.63, 3.8) is 0 Å². The monoisotopic (exact) mass is 402 g/mol. The average Bonchev–Trinajstić information content (AvgIpc) is 2.43. The van der Waals surface area contributed by atoms with Crippen molar-refractivity contribution < 1.29 is 9.53 Å². The van der Waals surface area contributed by atoms with Crippen molar-refractivity contribution in [3.8, 4) is 0 Å². The van der Waals surface area contributed by atoms with E-state index in [4.69, 9.17) is 16.3 Å². The summed E-state index contributed by atoms with van der Waals surface area (Å²) in [5, 5.41) is 0.719. The minimum Gasteiger partial charge on any atom is -0.444 e. The highest BCUT2D eigenvalue weighted by atomic mass is 79.9. The molecule has 4 nitrogen and oxygen atoms in total. The van der Waals surface area contributed by atoms with Gasteiger partial charge in [0, 0.05) is 36.7 Å². The van der Waals surface area contributed by atoms with Crippen LogP contribution in [0.3, 0.4) is 0 Å². The van der Waals surface area contributed by atoms with Gasteiger partial charge in [0.2, 0.25) is 0 Å². The largest absolute Gasteiger partial charge is 0.444 e. The summed E-state index contributed by atoms with van der Waals surface area (Å²) in [5.74, 6) is 0. The maximum Gasteiger partial charge on any atom is 0.410 e. The molecule has 1 aliphatic heterocycles. The molecule has 128 valence electrons. The molecule has 1 heterocycles. The fourth-order valence-corrected chi connectivity index (χ4v) is 3.14. The lowest BCUT2D eigenvalue weighted by Crippen LogP contribution is -2.54. The fourth-order valence-electron chi connectivity index (χ4n) is 2.59. The Morgan fingerprint density at radius 2 is 2.09 bits per heavy atom. The van der Waals surface area contributed by atoms with Crippen molar-refractivity contribution in [1.82, 2.24) is 9.80 Å². The molecule has 2 rings (SSSR count). The van der Waals surface area contributed by atoms with E-state index in [2.05, 4.69) is 33.8 Å². The lowest BCUT2D eigenvalue weighted by molar-refractivity contribution is 0.00461. The normalized spacial score (nSPS) is 19.7. The molecule has 1 unspecified atom stereocenters. The van der Waals surface area contributed by atoms with E-state index >= 15 is 0 Å². The van der Waals surface area contributed by atoms with Gasteiger partial charge in [-0.15, -0.1) is 0 Å². The van der Waals surface area contributed by atoms with E-state index in [9.17, 15) is 4.79 Å². The van der Waals surface area contributed by atoms with Crippen molar-refractivity contribution in [2.45, 2.75) is 45.9 Å². The predicted molar refractivity (Wildman–Crippen MR) is 96.8 cm³/mol. The second-order valence-electron chi connectivity index (χ2n) is 6.99. The first-order valence-corrected chi connectivity index (χ1v) is 8.99. The average molecular weight is 404 g/mol. The van der Waals surface area contributed by atoms with Gasteiger partial charge in [-0.25, -0.2) is 4.79 Å². The van der Waals surface area contributed by atoms with Crippen LogP contribution in [0.2, 0.25) is 5.02 Å². The third-order valence-electron chi connectivity index (χ3n) is 3.79. The number of amides is 1. The van der Waals surface area contributed by atoms with E-state index in [1.807, 2.05) is 32.9 Å². The van der Waals surface area contributed by atoms with Gasteiger partial charge in [-0.2, -0.15) is 0 Å². The van der Waals surface area contributed by atoms with E-state index in [-0.39, 0.29) is 12.1 Å². The SMILES string of the molecule is CC1CN(C(=O)OC(C)(C)C)CCN1Cc1ccc(Cl)c(Br)c1. The molecule has 0 aromatic heterocycles. The Labute approximate surface area is 151 Å². The van der Waals surface area contributed by atoms with Crippen molar-refractivity contribution in [2.75, 3.05) is 19.6 Å². The Morgan fingerprint density at radius 3 is 2.65 bits per heavy atom. The fraction of sp³-hybridized carbons (Fsp3) is 0.588. The summed E-state index contributed by atoms with van der Waals surface area (Å²) in [7, 11) is 0. The molecule has 0 aliphatic carbocycles. The van der Waals surface area contributed by atoms with E-state index in [1.165, 1.54) is 5.56 Å². The van der Waals surface area contributed by atoms with Gasteiger partial charge in [-0.05, 0) is 61.3 Å². The highest BCUT2D eigenvalue weighted by molar-refractivity contribution is 9.10. The molecule has 0 bridgehead atoms. The third kappa shape index (κ3) is 5.37. The van der Waals surface area contributed by atoms with Gasteiger partial charge in [0.05, 0.1) is 5.02 Å². The number of carbonyl (C=O) groups excluding carboxylic acids is 1. The number of halogens is 2. The van der Waals surface area contributed by atoms with Crippen molar-refractivity contribution >= 4 is 33.6 Å². The van der Waals surface area contributed by atoms with Crippen LogP contribution >= 0.6 is 27.5 Å². The van der Waals surface area contributed by atoms with Crippen molar-refractivity contribution in [1.29, 1.82) is 0 Å². The number of ether oxygens (including phenoxy) is 1. The molecule has 1 amide bonds. The summed E-state index contributed by atoms with van der Waals surface area (Å²) in [6.07, 6.45) is -0.224. The standard InChI is InChI=1S/C17H24BrClN2O2/c1-12-10-21(16(22)23-17(2,3)4)8-7-20(12)11-13-5-6-15(19)14(18)9-13/h5-6,9,12H,7-8,10-11H2,1-4H3. The molecule has 0 saturated carbocycles. The van der Waals surface area contributed by atoms with Crippen LogP contribution in [-0.2, 0) is 11.3 Å². The Morgan fingerprint density at radius 1 is 1.39 bits per heavy atom. The zero-order valence-corrected chi connectivity index (χ0v) is 16.4. The van der Waals surface area contributed by atoms with E-state index < -0.39 is 5.60 Å². The first-order chi connectivity index (χ1) is 10.7. The van der Waals surface area contributed by atoms with Crippen LogP contribution in [0.1, 0.15) is 33.3 Å². The molecule has 1 aliphatic rings.